The third-order valence-corrected chi connectivity index (χ3v) is 6.55. The predicted molar refractivity (Wildman–Crippen MR) is 103 cm³/mol. The van der Waals surface area contributed by atoms with Crippen molar-refractivity contribution in [1.82, 2.24) is 24.6 Å². The number of likely N-dealkylation sites (tertiary alicyclic amines) is 1. The van der Waals surface area contributed by atoms with Gasteiger partial charge in [-0.05, 0) is 30.7 Å². The van der Waals surface area contributed by atoms with E-state index >= 15 is 0 Å². The molecule has 2 aromatic rings. The summed E-state index contributed by atoms with van der Waals surface area (Å²) >= 11 is 1.72. The number of carbonyl (C=O) groups excluding carboxylic acids is 1. The van der Waals surface area contributed by atoms with Crippen LogP contribution in [0.15, 0.2) is 30.0 Å². The van der Waals surface area contributed by atoms with E-state index in [0.717, 1.165) is 32.5 Å². The van der Waals surface area contributed by atoms with E-state index in [1.807, 2.05) is 34.7 Å². The fraction of sp³-hybridized carbons (Fsp3) is 0.632. The number of thiazole rings is 1. The van der Waals surface area contributed by atoms with Crippen molar-refractivity contribution in [1.29, 1.82) is 0 Å². The van der Waals surface area contributed by atoms with Crippen molar-refractivity contribution < 1.29 is 9.53 Å². The molecular formula is C19H27N5O2S. The van der Waals surface area contributed by atoms with Crippen LogP contribution in [-0.2, 0) is 16.1 Å². The molecule has 1 saturated carbocycles. The molecule has 2 fully saturated rings. The number of hydrogen-bond donors (Lipinski definition) is 0. The lowest BCUT2D eigenvalue weighted by Gasteiger charge is -2.38. The fourth-order valence-corrected chi connectivity index (χ4v) is 5.04. The second-order valence-corrected chi connectivity index (χ2v) is 8.78. The molecule has 0 N–H and O–H groups in total. The number of nitrogens with zero attached hydrogens (tertiary/aromatic N) is 5. The molecule has 1 saturated heterocycles. The van der Waals surface area contributed by atoms with Gasteiger partial charge in [-0.25, -0.2) is 4.98 Å². The Morgan fingerprint density at radius 1 is 1.30 bits per heavy atom. The van der Waals surface area contributed by atoms with Crippen LogP contribution in [0.1, 0.15) is 23.9 Å². The van der Waals surface area contributed by atoms with Crippen LogP contribution in [0.5, 0.6) is 0 Å². The summed E-state index contributed by atoms with van der Waals surface area (Å²) in [5, 5.41) is 7.69. The summed E-state index contributed by atoms with van der Waals surface area (Å²) in [6.45, 7) is 3.25. The first-order valence-corrected chi connectivity index (χ1v) is 10.4. The van der Waals surface area contributed by atoms with Crippen LogP contribution >= 0.6 is 11.3 Å². The molecule has 0 spiro atoms. The third kappa shape index (κ3) is 4.23. The van der Waals surface area contributed by atoms with Gasteiger partial charge in [0, 0.05) is 51.2 Å². The summed E-state index contributed by atoms with van der Waals surface area (Å²) in [6, 6.07) is 2.15. The molecule has 1 aliphatic carbocycles. The molecule has 2 aliphatic rings. The van der Waals surface area contributed by atoms with Crippen LogP contribution in [0.3, 0.4) is 0 Å². The lowest BCUT2D eigenvalue weighted by Crippen LogP contribution is -2.40. The van der Waals surface area contributed by atoms with Gasteiger partial charge in [-0.1, -0.05) is 0 Å². The summed E-state index contributed by atoms with van der Waals surface area (Å²) in [5.74, 6) is 1.26. The number of carbonyl (C=O) groups is 1. The quantitative estimate of drug-likeness (QED) is 0.755. The summed E-state index contributed by atoms with van der Waals surface area (Å²) in [6.07, 6.45) is 7.75. The Hall–Kier alpha value is -1.77. The number of amides is 1. The summed E-state index contributed by atoms with van der Waals surface area (Å²) in [4.78, 5) is 20.5. The minimum Gasteiger partial charge on any atom is -0.366 e. The molecule has 1 aliphatic heterocycles. The van der Waals surface area contributed by atoms with E-state index in [1.165, 1.54) is 5.01 Å². The van der Waals surface area contributed by atoms with Gasteiger partial charge in [0.2, 0.25) is 5.91 Å². The van der Waals surface area contributed by atoms with Gasteiger partial charge >= 0.3 is 0 Å². The van der Waals surface area contributed by atoms with Crippen molar-refractivity contribution in [2.24, 2.45) is 11.8 Å². The first-order valence-electron chi connectivity index (χ1n) is 9.51. The molecule has 1 amide bonds. The van der Waals surface area contributed by atoms with Gasteiger partial charge in [0.05, 0.1) is 18.7 Å². The SMILES string of the molecule is CN(C)C(=O)CO[C@H]1C[C@@H]2CN(Cc3nccs3)C[C@@H]2C[C@@H]1n1cccn1. The molecule has 7 nitrogen and oxygen atoms in total. The Morgan fingerprint density at radius 2 is 2.11 bits per heavy atom. The second kappa shape index (κ2) is 8.08. The standard InChI is InChI=1S/C19H27N5O2S/c1-22(2)19(25)13-26-17-9-15-11-23(12-18-20-5-7-27-18)10-14(15)8-16(17)24-6-3-4-21-24/h3-7,14-17H,8-13H2,1-2H3/t14-,15+,16-,17-/m0/s1. The minimum absolute atomic E-state index is 0.00755. The number of rotatable bonds is 6. The maximum atomic E-state index is 12.0. The van der Waals surface area contributed by atoms with E-state index in [9.17, 15) is 4.79 Å². The lowest BCUT2D eigenvalue weighted by molar-refractivity contribution is -0.138. The molecular weight excluding hydrogens is 362 g/mol. The van der Waals surface area contributed by atoms with Gasteiger partial charge in [-0.15, -0.1) is 11.3 Å². The molecule has 8 heteroatoms. The van der Waals surface area contributed by atoms with Crippen molar-refractivity contribution in [2.45, 2.75) is 31.5 Å². The molecule has 4 rings (SSSR count). The number of likely N-dealkylation sites (N-methyl/N-ethyl adjacent to an activating group) is 1. The molecule has 2 aromatic heterocycles. The number of ether oxygens (including phenoxy) is 1. The van der Waals surface area contributed by atoms with Crippen molar-refractivity contribution in [3.05, 3.63) is 35.0 Å². The topological polar surface area (TPSA) is 63.5 Å². The van der Waals surface area contributed by atoms with Crippen molar-refractivity contribution >= 4 is 17.2 Å². The molecule has 3 heterocycles. The summed E-state index contributed by atoms with van der Waals surface area (Å²) in [5.41, 5.74) is 0. The zero-order valence-corrected chi connectivity index (χ0v) is 16.7. The molecule has 146 valence electrons. The van der Waals surface area contributed by atoms with Crippen molar-refractivity contribution in [2.75, 3.05) is 33.8 Å². The Balaban J connectivity index is 1.44. The van der Waals surface area contributed by atoms with E-state index in [2.05, 4.69) is 15.0 Å². The largest absolute Gasteiger partial charge is 0.366 e. The average Bonchev–Trinajstić information content (AvgIpc) is 3.39. The predicted octanol–water partition coefficient (Wildman–Crippen LogP) is 1.90. The highest BCUT2D eigenvalue weighted by atomic mass is 32.1. The summed E-state index contributed by atoms with van der Waals surface area (Å²) < 4.78 is 8.13. The zero-order valence-electron chi connectivity index (χ0n) is 15.9. The highest BCUT2D eigenvalue weighted by Crippen LogP contribution is 2.42. The Kier molecular flexibility index (Phi) is 5.56. The summed E-state index contributed by atoms with van der Waals surface area (Å²) in [7, 11) is 3.53. The average molecular weight is 390 g/mol. The van der Waals surface area contributed by atoms with Crippen molar-refractivity contribution in [3.8, 4) is 0 Å². The van der Waals surface area contributed by atoms with Crippen LogP contribution in [0.25, 0.3) is 0 Å². The second-order valence-electron chi connectivity index (χ2n) is 7.80. The van der Waals surface area contributed by atoms with Gasteiger partial charge in [-0.2, -0.15) is 5.10 Å². The molecule has 0 radical (unpaired) electrons. The van der Waals surface area contributed by atoms with Gasteiger partial charge in [0.1, 0.15) is 11.6 Å². The smallest absolute Gasteiger partial charge is 0.248 e. The van der Waals surface area contributed by atoms with E-state index in [-0.39, 0.29) is 24.7 Å². The normalized spacial score (nSPS) is 28.2. The van der Waals surface area contributed by atoms with Gasteiger partial charge < -0.3 is 9.64 Å². The number of aromatic nitrogens is 3. The Bertz CT molecular complexity index is 733. The van der Waals surface area contributed by atoms with E-state index in [4.69, 9.17) is 4.74 Å². The Labute approximate surface area is 163 Å². The maximum Gasteiger partial charge on any atom is 0.248 e. The molecule has 27 heavy (non-hydrogen) atoms. The fourth-order valence-electron chi connectivity index (χ4n) is 4.38. The third-order valence-electron chi connectivity index (χ3n) is 5.79. The number of hydrogen-bond acceptors (Lipinski definition) is 6. The van der Waals surface area contributed by atoms with Gasteiger partial charge in [0.15, 0.2) is 0 Å². The van der Waals surface area contributed by atoms with Crippen LogP contribution < -0.4 is 0 Å². The van der Waals surface area contributed by atoms with E-state index < -0.39 is 0 Å². The molecule has 4 atom stereocenters. The molecule has 0 unspecified atom stereocenters. The molecule has 0 aromatic carbocycles. The zero-order chi connectivity index (χ0) is 18.8. The first kappa shape index (κ1) is 18.6. The highest BCUT2D eigenvalue weighted by molar-refractivity contribution is 7.09. The van der Waals surface area contributed by atoms with E-state index in [1.54, 1.807) is 30.3 Å². The monoisotopic (exact) mass is 389 g/mol. The van der Waals surface area contributed by atoms with Gasteiger partial charge in [-0.3, -0.25) is 14.4 Å². The number of fused-ring (bicyclic) bond motifs is 1. The van der Waals surface area contributed by atoms with Crippen LogP contribution in [0.4, 0.5) is 0 Å². The minimum atomic E-state index is 0.00755. The highest BCUT2D eigenvalue weighted by Gasteiger charge is 2.43. The first-order chi connectivity index (χ1) is 13.1. The van der Waals surface area contributed by atoms with Gasteiger partial charge in [0.25, 0.3) is 0 Å². The van der Waals surface area contributed by atoms with E-state index in [0.29, 0.717) is 11.8 Å². The maximum absolute atomic E-state index is 12.0. The van der Waals surface area contributed by atoms with Crippen LogP contribution in [-0.4, -0.2) is 70.4 Å². The molecule has 0 bridgehead atoms. The Morgan fingerprint density at radius 3 is 2.78 bits per heavy atom. The lowest BCUT2D eigenvalue weighted by atomic mass is 9.77. The van der Waals surface area contributed by atoms with Crippen LogP contribution in [0, 0.1) is 11.8 Å². The van der Waals surface area contributed by atoms with Crippen LogP contribution in [0.2, 0.25) is 0 Å². The van der Waals surface area contributed by atoms with Crippen molar-refractivity contribution in [3.63, 3.8) is 0 Å².